The Hall–Kier alpha value is -2.08. The molecule has 0 aliphatic rings. The molecule has 0 aliphatic heterocycles. The number of nitrogens with one attached hydrogen (secondary N) is 1. The summed E-state index contributed by atoms with van der Waals surface area (Å²) in [6.07, 6.45) is 3.47. The molecule has 98 valence electrons. The maximum Gasteiger partial charge on any atom is 0.250 e. The molecule has 1 amide bonds. The van der Waals surface area contributed by atoms with Crippen molar-refractivity contribution in [1.82, 2.24) is 10.2 Å². The lowest BCUT2D eigenvalue weighted by molar-refractivity contribution is -0.111. The first-order valence-electron chi connectivity index (χ1n) is 5.75. The van der Waals surface area contributed by atoms with Gasteiger partial charge in [-0.05, 0) is 18.6 Å². The molecule has 0 bridgehead atoms. The van der Waals surface area contributed by atoms with Crippen LogP contribution in [-0.4, -0.2) is 16.1 Å². The van der Waals surface area contributed by atoms with E-state index in [-0.39, 0.29) is 11.7 Å². The highest BCUT2D eigenvalue weighted by molar-refractivity contribution is 7.15. The molecule has 0 saturated heterocycles. The zero-order valence-corrected chi connectivity index (χ0v) is 11.1. The van der Waals surface area contributed by atoms with Gasteiger partial charge in [-0.25, -0.2) is 4.39 Å². The normalized spacial score (nSPS) is 10.8. The first-order chi connectivity index (χ1) is 9.19. The topological polar surface area (TPSA) is 54.9 Å². The molecule has 1 aromatic heterocycles. The van der Waals surface area contributed by atoms with E-state index in [9.17, 15) is 9.18 Å². The second kappa shape index (κ2) is 6.19. The van der Waals surface area contributed by atoms with Crippen LogP contribution in [0, 0.1) is 5.82 Å². The van der Waals surface area contributed by atoms with Crippen LogP contribution in [0.5, 0.6) is 0 Å². The van der Waals surface area contributed by atoms with Gasteiger partial charge in [-0.15, -0.1) is 10.2 Å². The number of anilines is 1. The Bertz CT molecular complexity index is 609. The number of carbonyl (C=O) groups excluding carboxylic acids is 1. The van der Waals surface area contributed by atoms with E-state index in [0.717, 1.165) is 11.4 Å². The van der Waals surface area contributed by atoms with Gasteiger partial charge >= 0.3 is 0 Å². The number of hydrogen-bond acceptors (Lipinski definition) is 4. The van der Waals surface area contributed by atoms with E-state index in [1.165, 1.54) is 29.6 Å². The van der Waals surface area contributed by atoms with Crippen molar-refractivity contribution in [2.45, 2.75) is 13.3 Å². The molecule has 0 radical (unpaired) electrons. The lowest BCUT2D eigenvalue weighted by Crippen LogP contribution is -2.07. The minimum absolute atomic E-state index is 0.359. The van der Waals surface area contributed by atoms with Crippen LogP contribution in [-0.2, 0) is 11.2 Å². The van der Waals surface area contributed by atoms with Crippen molar-refractivity contribution >= 4 is 28.5 Å². The van der Waals surface area contributed by atoms with E-state index in [4.69, 9.17) is 0 Å². The summed E-state index contributed by atoms with van der Waals surface area (Å²) in [7, 11) is 0. The molecule has 0 atom stereocenters. The van der Waals surface area contributed by atoms with Crippen molar-refractivity contribution in [3.63, 3.8) is 0 Å². The fraction of sp³-hybridized carbons (Fsp3) is 0.154. The molecule has 1 heterocycles. The average Bonchev–Trinajstić information content (AvgIpc) is 2.85. The quantitative estimate of drug-likeness (QED) is 0.874. The van der Waals surface area contributed by atoms with E-state index in [1.54, 1.807) is 18.2 Å². The number of nitrogens with zero attached hydrogens (tertiary/aromatic N) is 2. The minimum atomic E-state index is -0.365. The Morgan fingerprint density at radius 3 is 2.89 bits per heavy atom. The average molecular weight is 277 g/mol. The molecule has 0 saturated carbocycles. The summed E-state index contributed by atoms with van der Waals surface area (Å²) < 4.78 is 13.3. The van der Waals surface area contributed by atoms with Gasteiger partial charge < -0.3 is 0 Å². The lowest BCUT2D eigenvalue weighted by Gasteiger charge is -1.96. The fourth-order valence-corrected chi connectivity index (χ4v) is 2.05. The Morgan fingerprint density at radius 2 is 2.21 bits per heavy atom. The van der Waals surface area contributed by atoms with Crippen molar-refractivity contribution in [3.8, 4) is 0 Å². The molecular weight excluding hydrogens is 265 g/mol. The van der Waals surface area contributed by atoms with Crippen molar-refractivity contribution in [1.29, 1.82) is 0 Å². The third kappa shape index (κ3) is 3.69. The molecule has 0 fully saturated rings. The maximum atomic E-state index is 13.3. The molecule has 2 rings (SSSR count). The summed E-state index contributed by atoms with van der Waals surface area (Å²) in [5, 5.41) is 11.6. The van der Waals surface area contributed by atoms with Crippen LogP contribution in [0.4, 0.5) is 9.52 Å². The highest BCUT2D eigenvalue weighted by Crippen LogP contribution is 2.15. The Kier molecular flexibility index (Phi) is 4.35. The standard InChI is InChI=1S/C13H12FN3OS/c1-2-12-16-17-13(19-12)15-11(18)8-7-9-5-3-4-6-10(9)14/h3-8H,2H2,1H3,(H,15,17,18). The molecule has 1 aromatic carbocycles. The minimum Gasteiger partial charge on any atom is -0.297 e. The molecule has 0 unspecified atom stereocenters. The molecular formula is C13H12FN3OS. The van der Waals surface area contributed by atoms with E-state index in [0.29, 0.717) is 10.7 Å². The van der Waals surface area contributed by atoms with E-state index in [2.05, 4.69) is 15.5 Å². The Morgan fingerprint density at radius 1 is 1.42 bits per heavy atom. The van der Waals surface area contributed by atoms with Crippen LogP contribution in [0.15, 0.2) is 30.3 Å². The Labute approximate surface area is 114 Å². The van der Waals surface area contributed by atoms with Gasteiger partial charge in [-0.2, -0.15) is 0 Å². The second-order valence-electron chi connectivity index (χ2n) is 3.70. The van der Waals surface area contributed by atoms with Crippen LogP contribution in [0.1, 0.15) is 17.5 Å². The number of amides is 1. The summed E-state index contributed by atoms with van der Waals surface area (Å²) >= 11 is 1.32. The van der Waals surface area contributed by atoms with Gasteiger partial charge in [0.05, 0.1) is 0 Å². The molecule has 6 heteroatoms. The van der Waals surface area contributed by atoms with Gasteiger partial charge in [0.2, 0.25) is 11.0 Å². The number of rotatable bonds is 4. The zero-order valence-electron chi connectivity index (χ0n) is 10.3. The highest BCUT2D eigenvalue weighted by Gasteiger charge is 2.04. The summed E-state index contributed by atoms with van der Waals surface area (Å²) in [6, 6.07) is 6.24. The van der Waals surface area contributed by atoms with E-state index < -0.39 is 0 Å². The summed E-state index contributed by atoms with van der Waals surface area (Å²) in [4.78, 5) is 11.6. The fourth-order valence-electron chi connectivity index (χ4n) is 1.37. The van der Waals surface area contributed by atoms with Crippen LogP contribution >= 0.6 is 11.3 Å². The third-order valence-electron chi connectivity index (χ3n) is 2.32. The van der Waals surface area contributed by atoms with Crippen molar-refractivity contribution in [2.75, 3.05) is 5.32 Å². The molecule has 0 spiro atoms. The van der Waals surface area contributed by atoms with Crippen LogP contribution in [0.25, 0.3) is 6.08 Å². The van der Waals surface area contributed by atoms with Crippen LogP contribution < -0.4 is 5.32 Å². The molecule has 19 heavy (non-hydrogen) atoms. The zero-order chi connectivity index (χ0) is 13.7. The monoisotopic (exact) mass is 277 g/mol. The first-order valence-corrected chi connectivity index (χ1v) is 6.56. The van der Waals surface area contributed by atoms with Gasteiger partial charge in [0, 0.05) is 11.6 Å². The van der Waals surface area contributed by atoms with Crippen molar-refractivity contribution < 1.29 is 9.18 Å². The number of hydrogen-bond donors (Lipinski definition) is 1. The molecule has 0 aliphatic carbocycles. The predicted octanol–water partition coefficient (Wildman–Crippen LogP) is 2.89. The van der Waals surface area contributed by atoms with E-state index in [1.807, 2.05) is 6.92 Å². The molecule has 1 N–H and O–H groups in total. The van der Waals surface area contributed by atoms with Gasteiger partial charge in [0.25, 0.3) is 0 Å². The number of aromatic nitrogens is 2. The highest BCUT2D eigenvalue weighted by atomic mass is 32.1. The predicted molar refractivity (Wildman–Crippen MR) is 73.4 cm³/mol. The van der Waals surface area contributed by atoms with Crippen molar-refractivity contribution in [3.05, 3.63) is 46.7 Å². The third-order valence-corrected chi connectivity index (χ3v) is 3.30. The van der Waals surface area contributed by atoms with Gasteiger partial charge in [0.1, 0.15) is 10.8 Å². The maximum absolute atomic E-state index is 13.3. The number of carbonyl (C=O) groups is 1. The van der Waals surface area contributed by atoms with Crippen LogP contribution in [0.2, 0.25) is 0 Å². The summed E-state index contributed by atoms with van der Waals surface area (Å²) in [6.45, 7) is 1.96. The van der Waals surface area contributed by atoms with Gasteiger partial charge in [-0.3, -0.25) is 10.1 Å². The molecule has 4 nitrogen and oxygen atoms in total. The Balaban J connectivity index is 1.99. The van der Waals surface area contributed by atoms with Crippen LogP contribution in [0.3, 0.4) is 0 Å². The second-order valence-corrected chi connectivity index (χ2v) is 4.76. The van der Waals surface area contributed by atoms with Crippen molar-refractivity contribution in [2.24, 2.45) is 0 Å². The first kappa shape index (κ1) is 13.4. The number of aryl methyl sites for hydroxylation is 1. The lowest BCUT2D eigenvalue weighted by atomic mass is 10.2. The number of benzene rings is 1. The molecule has 2 aromatic rings. The summed E-state index contributed by atoms with van der Waals surface area (Å²) in [5.41, 5.74) is 0.365. The SMILES string of the molecule is CCc1nnc(NC(=O)C=Cc2ccccc2F)s1. The van der Waals surface area contributed by atoms with Gasteiger partial charge in [-0.1, -0.05) is 36.5 Å². The summed E-state index contributed by atoms with van der Waals surface area (Å²) in [5.74, 6) is -0.724. The van der Waals surface area contributed by atoms with Gasteiger partial charge in [0.15, 0.2) is 0 Å². The van der Waals surface area contributed by atoms with E-state index >= 15 is 0 Å². The number of halogens is 1. The largest absolute Gasteiger partial charge is 0.297 e. The smallest absolute Gasteiger partial charge is 0.250 e.